The number of nitrogens with zero attached hydrogens (tertiary/aromatic N) is 2. The lowest BCUT2D eigenvalue weighted by Crippen LogP contribution is -2.44. The molecule has 1 aliphatic rings. The van der Waals surface area contributed by atoms with Gasteiger partial charge in [0.1, 0.15) is 0 Å². The van der Waals surface area contributed by atoms with Crippen molar-refractivity contribution in [1.82, 2.24) is 15.5 Å². The van der Waals surface area contributed by atoms with Gasteiger partial charge in [-0.3, -0.25) is 4.79 Å². The highest BCUT2D eigenvalue weighted by atomic mass is 19.4. The first kappa shape index (κ1) is 19.1. The van der Waals surface area contributed by atoms with E-state index in [4.69, 9.17) is 0 Å². The summed E-state index contributed by atoms with van der Waals surface area (Å²) in [5, 5.41) is 5.99. The number of rotatable bonds is 5. The number of benzene rings is 1. The third-order valence-corrected chi connectivity index (χ3v) is 3.91. The molecule has 1 aromatic carbocycles. The van der Waals surface area contributed by atoms with Gasteiger partial charge in [-0.05, 0) is 37.5 Å². The maximum atomic E-state index is 12.6. The molecule has 25 heavy (non-hydrogen) atoms. The topological polar surface area (TPSA) is 56.7 Å². The zero-order chi connectivity index (χ0) is 18.3. The van der Waals surface area contributed by atoms with Gasteiger partial charge >= 0.3 is 6.18 Å². The van der Waals surface area contributed by atoms with Crippen LogP contribution in [0.4, 0.5) is 13.2 Å². The number of hydrogen-bond acceptors (Lipinski definition) is 2. The number of guanidine groups is 1. The van der Waals surface area contributed by atoms with Crippen molar-refractivity contribution >= 4 is 11.9 Å². The summed E-state index contributed by atoms with van der Waals surface area (Å²) >= 11 is 0. The van der Waals surface area contributed by atoms with E-state index < -0.39 is 11.7 Å². The standard InChI is InChI=1S/C17H23F3N4O/c1-2-21-16(23-12-15(25)24-9-3-4-10-24)22-11-13-5-7-14(8-6-13)17(18,19)20/h5-8H,2-4,9-12H2,1H3,(H2,21,22,23). The zero-order valence-corrected chi connectivity index (χ0v) is 14.2. The lowest BCUT2D eigenvalue weighted by molar-refractivity contribution is -0.137. The summed E-state index contributed by atoms with van der Waals surface area (Å²) in [7, 11) is 0. The quantitative estimate of drug-likeness (QED) is 0.629. The molecule has 2 rings (SSSR count). The number of nitrogens with one attached hydrogen (secondary N) is 2. The molecule has 1 aliphatic heterocycles. The Morgan fingerprint density at radius 2 is 1.80 bits per heavy atom. The number of alkyl halides is 3. The minimum atomic E-state index is -4.34. The number of hydrogen-bond donors (Lipinski definition) is 2. The zero-order valence-electron chi connectivity index (χ0n) is 14.2. The van der Waals surface area contributed by atoms with E-state index in [1.807, 2.05) is 11.8 Å². The maximum Gasteiger partial charge on any atom is 0.416 e. The molecular formula is C17H23F3N4O. The average molecular weight is 356 g/mol. The first-order valence-corrected chi connectivity index (χ1v) is 8.36. The lowest BCUT2D eigenvalue weighted by atomic mass is 10.1. The van der Waals surface area contributed by atoms with Gasteiger partial charge in [0.25, 0.3) is 0 Å². The lowest BCUT2D eigenvalue weighted by Gasteiger charge is -2.17. The van der Waals surface area contributed by atoms with Gasteiger partial charge in [0, 0.05) is 19.6 Å². The normalized spacial score (nSPS) is 15.4. The third kappa shape index (κ3) is 5.95. The van der Waals surface area contributed by atoms with Crippen molar-refractivity contribution in [2.24, 2.45) is 4.99 Å². The molecule has 138 valence electrons. The van der Waals surface area contributed by atoms with Crippen LogP contribution in [0.25, 0.3) is 0 Å². The highest BCUT2D eigenvalue weighted by Crippen LogP contribution is 2.29. The first-order chi connectivity index (χ1) is 11.9. The number of carbonyl (C=O) groups is 1. The molecule has 2 N–H and O–H groups in total. The Bertz CT molecular complexity index is 593. The van der Waals surface area contributed by atoms with Crippen LogP contribution in [0.1, 0.15) is 30.9 Å². The van der Waals surface area contributed by atoms with Crippen LogP contribution in [-0.4, -0.2) is 42.9 Å². The van der Waals surface area contributed by atoms with Gasteiger partial charge in [0.05, 0.1) is 18.7 Å². The summed E-state index contributed by atoms with van der Waals surface area (Å²) < 4.78 is 37.7. The summed E-state index contributed by atoms with van der Waals surface area (Å²) in [6.07, 6.45) is -2.27. The van der Waals surface area contributed by atoms with Crippen LogP contribution in [0.15, 0.2) is 29.3 Å². The van der Waals surface area contributed by atoms with E-state index in [2.05, 4.69) is 15.6 Å². The average Bonchev–Trinajstić information content (AvgIpc) is 3.11. The Kier molecular flexibility index (Phi) is 6.66. The van der Waals surface area contributed by atoms with E-state index in [0.717, 1.165) is 38.1 Å². The molecule has 0 radical (unpaired) electrons. The number of amides is 1. The van der Waals surface area contributed by atoms with Gasteiger partial charge in [-0.15, -0.1) is 0 Å². The molecule has 1 heterocycles. The Balaban J connectivity index is 1.91. The molecule has 1 amide bonds. The van der Waals surface area contributed by atoms with Crippen molar-refractivity contribution in [2.75, 3.05) is 26.2 Å². The number of carbonyl (C=O) groups excluding carboxylic acids is 1. The molecule has 0 aliphatic carbocycles. The molecule has 0 saturated carbocycles. The van der Waals surface area contributed by atoms with Gasteiger partial charge in [0.2, 0.25) is 5.91 Å². The van der Waals surface area contributed by atoms with Crippen molar-refractivity contribution in [1.29, 1.82) is 0 Å². The smallest absolute Gasteiger partial charge is 0.357 e. The summed E-state index contributed by atoms with van der Waals surface area (Å²) in [6.45, 7) is 4.48. The molecule has 1 saturated heterocycles. The van der Waals surface area contributed by atoms with Gasteiger partial charge in [-0.25, -0.2) is 4.99 Å². The first-order valence-electron chi connectivity index (χ1n) is 8.36. The Morgan fingerprint density at radius 1 is 1.16 bits per heavy atom. The predicted octanol–water partition coefficient (Wildman–Crippen LogP) is 2.38. The fourth-order valence-electron chi connectivity index (χ4n) is 2.55. The minimum Gasteiger partial charge on any atom is -0.357 e. The maximum absolute atomic E-state index is 12.6. The molecular weight excluding hydrogens is 333 g/mol. The van der Waals surface area contributed by atoms with E-state index in [1.54, 1.807) is 0 Å². The second kappa shape index (κ2) is 8.73. The van der Waals surface area contributed by atoms with Crippen LogP contribution >= 0.6 is 0 Å². The van der Waals surface area contributed by atoms with Crippen LogP contribution < -0.4 is 10.6 Å². The number of halogens is 3. The second-order valence-corrected chi connectivity index (χ2v) is 5.83. The molecule has 8 heteroatoms. The largest absolute Gasteiger partial charge is 0.416 e. The number of likely N-dealkylation sites (tertiary alicyclic amines) is 1. The Labute approximate surface area is 145 Å². The highest BCUT2D eigenvalue weighted by molar-refractivity contribution is 5.86. The molecule has 1 fully saturated rings. The molecule has 0 unspecified atom stereocenters. The second-order valence-electron chi connectivity index (χ2n) is 5.83. The van der Waals surface area contributed by atoms with Gasteiger partial charge < -0.3 is 15.5 Å². The van der Waals surface area contributed by atoms with E-state index in [1.165, 1.54) is 12.1 Å². The monoisotopic (exact) mass is 356 g/mol. The molecule has 0 bridgehead atoms. The van der Waals surface area contributed by atoms with E-state index in [-0.39, 0.29) is 19.0 Å². The summed E-state index contributed by atoms with van der Waals surface area (Å²) in [5.74, 6) is 0.493. The summed E-state index contributed by atoms with van der Waals surface area (Å²) in [5.41, 5.74) is -0.0162. The van der Waals surface area contributed by atoms with Crippen LogP contribution in [-0.2, 0) is 17.5 Å². The van der Waals surface area contributed by atoms with E-state index >= 15 is 0 Å². The van der Waals surface area contributed by atoms with Crippen molar-refractivity contribution in [3.05, 3.63) is 35.4 Å². The fraction of sp³-hybridized carbons (Fsp3) is 0.529. The molecule has 0 aromatic heterocycles. The van der Waals surface area contributed by atoms with Crippen molar-refractivity contribution in [3.63, 3.8) is 0 Å². The highest BCUT2D eigenvalue weighted by Gasteiger charge is 2.29. The fourth-order valence-corrected chi connectivity index (χ4v) is 2.55. The SMILES string of the molecule is CCNC(=NCc1ccc(C(F)(F)F)cc1)NCC(=O)N1CCCC1. The molecule has 1 aromatic rings. The molecule has 0 spiro atoms. The van der Waals surface area contributed by atoms with Crippen LogP contribution in [0.3, 0.4) is 0 Å². The van der Waals surface area contributed by atoms with Crippen LogP contribution in [0.5, 0.6) is 0 Å². The predicted molar refractivity (Wildman–Crippen MR) is 90.1 cm³/mol. The number of aliphatic imine (C=N–C) groups is 1. The Morgan fingerprint density at radius 3 is 2.36 bits per heavy atom. The van der Waals surface area contributed by atoms with Gasteiger partial charge in [-0.2, -0.15) is 13.2 Å². The van der Waals surface area contributed by atoms with Gasteiger partial charge in [-0.1, -0.05) is 12.1 Å². The minimum absolute atomic E-state index is 0.0256. The van der Waals surface area contributed by atoms with Crippen molar-refractivity contribution in [2.45, 2.75) is 32.5 Å². The van der Waals surface area contributed by atoms with E-state index in [0.29, 0.717) is 18.1 Å². The third-order valence-electron chi connectivity index (χ3n) is 3.91. The van der Waals surface area contributed by atoms with E-state index in [9.17, 15) is 18.0 Å². The summed E-state index contributed by atoms with van der Waals surface area (Å²) in [4.78, 5) is 18.2. The molecule has 5 nitrogen and oxygen atoms in total. The van der Waals surface area contributed by atoms with Crippen LogP contribution in [0, 0.1) is 0 Å². The molecule has 0 atom stereocenters. The Hall–Kier alpha value is -2.25. The van der Waals surface area contributed by atoms with Crippen molar-refractivity contribution in [3.8, 4) is 0 Å². The van der Waals surface area contributed by atoms with Gasteiger partial charge in [0.15, 0.2) is 5.96 Å². The summed E-state index contributed by atoms with van der Waals surface area (Å²) in [6, 6.07) is 4.90. The van der Waals surface area contributed by atoms with Crippen LogP contribution in [0.2, 0.25) is 0 Å². The van der Waals surface area contributed by atoms with Crippen molar-refractivity contribution < 1.29 is 18.0 Å².